The molecule has 3 atom stereocenters. The van der Waals surface area contributed by atoms with Gasteiger partial charge in [0.2, 0.25) is 0 Å². The fourth-order valence-corrected chi connectivity index (χ4v) is 3.48. The molecule has 3 rings (SSSR count). The maximum absolute atomic E-state index is 13.7. The standard InChI is InChI=1S/C17H19ClFN3O2/c1-10-13(4-3-11(8-20)15(10)18)16-17(24-6-5-23-2)14-7-12(19)9-22(14)21-16/h3-4,12,14,17H,5-7,9H2,1-2H3. The first-order chi connectivity index (χ1) is 11.6. The summed E-state index contributed by atoms with van der Waals surface area (Å²) in [6, 6.07) is 5.48. The van der Waals surface area contributed by atoms with E-state index >= 15 is 0 Å². The quantitative estimate of drug-likeness (QED) is 0.765. The zero-order chi connectivity index (χ0) is 17.3. The molecule has 2 aliphatic heterocycles. The van der Waals surface area contributed by atoms with Crippen molar-refractivity contribution in [3.05, 3.63) is 33.8 Å². The molecular formula is C17H19ClFN3O2. The van der Waals surface area contributed by atoms with Gasteiger partial charge < -0.3 is 9.47 Å². The number of alkyl halides is 1. The Kier molecular flexibility index (Phi) is 5.04. The number of hydrazone groups is 1. The monoisotopic (exact) mass is 351 g/mol. The van der Waals surface area contributed by atoms with Gasteiger partial charge in [-0.15, -0.1) is 0 Å². The lowest BCUT2D eigenvalue weighted by molar-refractivity contribution is 0.0235. The van der Waals surface area contributed by atoms with Crippen LogP contribution in [0.5, 0.6) is 0 Å². The molecule has 0 amide bonds. The summed E-state index contributed by atoms with van der Waals surface area (Å²) in [6.45, 7) is 3.00. The van der Waals surface area contributed by atoms with Crippen LogP contribution < -0.4 is 0 Å². The summed E-state index contributed by atoms with van der Waals surface area (Å²) in [5, 5.41) is 15.9. The van der Waals surface area contributed by atoms with Crippen molar-refractivity contribution < 1.29 is 13.9 Å². The molecule has 128 valence electrons. The molecule has 0 radical (unpaired) electrons. The third-order valence-electron chi connectivity index (χ3n) is 4.49. The molecule has 24 heavy (non-hydrogen) atoms. The smallest absolute Gasteiger partial charge is 0.124 e. The number of benzene rings is 1. The Bertz CT molecular complexity index is 704. The predicted octanol–water partition coefficient (Wildman–Crippen LogP) is 2.68. The molecule has 5 nitrogen and oxygen atoms in total. The van der Waals surface area contributed by atoms with Crippen LogP contribution in [0.15, 0.2) is 17.2 Å². The largest absolute Gasteiger partial charge is 0.382 e. The van der Waals surface area contributed by atoms with Gasteiger partial charge in [0.05, 0.1) is 42.1 Å². The molecule has 2 aliphatic rings. The molecule has 0 N–H and O–H groups in total. The highest BCUT2D eigenvalue weighted by Crippen LogP contribution is 2.34. The van der Waals surface area contributed by atoms with Crippen LogP contribution in [-0.4, -0.2) is 55.9 Å². The van der Waals surface area contributed by atoms with Crippen LogP contribution >= 0.6 is 11.6 Å². The molecule has 7 heteroatoms. The number of hydrogen-bond donors (Lipinski definition) is 0. The van der Waals surface area contributed by atoms with Crippen molar-refractivity contribution in [2.24, 2.45) is 5.10 Å². The Hall–Kier alpha value is -1.68. The summed E-state index contributed by atoms with van der Waals surface area (Å²) < 4.78 is 24.7. The fourth-order valence-electron chi connectivity index (χ4n) is 3.27. The summed E-state index contributed by atoms with van der Waals surface area (Å²) >= 11 is 6.28. The maximum Gasteiger partial charge on any atom is 0.124 e. The van der Waals surface area contributed by atoms with Crippen LogP contribution in [0.2, 0.25) is 5.02 Å². The van der Waals surface area contributed by atoms with E-state index < -0.39 is 6.17 Å². The van der Waals surface area contributed by atoms with Gasteiger partial charge in [-0.1, -0.05) is 17.7 Å². The molecule has 1 saturated heterocycles. The van der Waals surface area contributed by atoms with E-state index in [9.17, 15) is 4.39 Å². The minimum absolute atomic E-state index is 0.110. The first kappa shape index (κ1) is 17.2. The van der Waals surface area contributed by atoms with Crippen LogP contribution in [0.4, 0.5) is 4.39 Å². The second-order valence-corrected chi connectivity index (χ2v) is 6.38. The lowest BCUT2D eigenvalue weighted by Gasteiger charge is -2.22. The van der Waals surface area contributed by atoms with Crippen LogP contribution in [0.1, 0.15) is 23.1 Å². The maximum atomic E-state index is 13.7. The molecule has 0 aliphatic carbocycles. The number of ether oxygens (including phenoxy) is 2. The average molecular weight is 352 g/mol. The summed E-state index contributed by atoms with van der Waals surface area (Å²) in [6.07, 6.45) is -0.823. The van der Waals surface area contributed by atoms with Gasteiger partial charge in [0.15, 0.2) is 0 Å². The molecule has 1 fully saturated rings. The third-order valence-corrected chi connectivity index (χ3v) is 4.98. The molecule has 0 spiro atoms. The summed E-state index contributed by atoms with van der Waals surface area (Å²) in [4.78, 5) is 0. The van der Waals surface area contributed by atoms with E-state index in [-0.39, 0.29) is 18.7 Å². The van der Waals surface area contributed by atoms with Crippen LogP contribution in [0.3, 0.4) is 0 Å². The van der Waals surface area contributed by atoms with Crippen molar-refractivity contribution in [3.63, 3.8) is 0 Å². The SMILES string of the molecule is COCCOC1C(c2ccc(C#N)c(Cl)c2C)=NN2CC(F)CC12. The van der Waals surface area contributed by atoms with Crippen molar-refractivity contribution in [2.45, 2.75) is 31.7 Å². The normalized spacial score (nSPS) is 25.5. The van der Waals surface area contributed by atoms with Gasteiger partial charge in [0, 0.05) is 19.1 Å². The van der Waals surface area contributed by atoms with E-state index in [0.29, 0.717) is 30.2 Å². The van der Waals surface area contributed by atoms with Crippen LogP contribution in [-0.2, 0) is 9.47 Å². The Morgan fingerprint density at radius 1 is 1.46 bits per heavy atom. The summed E-state index contributed by atoms with van der Waals surface area (Å²) in [5.41, 5.74) is 2.79. The molecule has 1 aromatic rings. The van der Waals surface area contributed by atoms with E-state index in [1.165, 1.54) is 0 Å². The fraction of sp³-hybridized carbons (Fsp3) is 0.529. The number of nitrogens with zero attached hydrogens (tertiary/aromatic N) is 3. The van der Waals surface area contributed by atoms with Gasteiger partial charge in [-0.25, -0.2) is 4.39 Å². The highest BCUT2D eigenvalue weighted by Gasteiger charge is 2.45. The van der Waals surface area contributed by atoms with Crippen molar-refractivity contribution in [3.8, 4) is 6.07 Å². The Morgan fingerprint density at radius 3 is 2.96 bits per heavy atom. The van der Waals surface area contributed by atoms with Crippen LogP contribution in [0.25, 0.3) is 0 Å². The van der Waals surface area contributed by atoms with E-state index in [1.54, 1.807) is 18.2 Å². The second kappa shape index (κ2) is 7.06. The van der Waals surface area contributed by atoms with Gasteiger partial charge in [-0.05, 0) is 18.6 Å². The number of methoxy groups -OCH3 is 1. The third kappa shape index (κ3) is 3.00. The number of halogens is 2. The molecule has 2 heterocycles. The highest BCUT2D eigenvalue weighted by atomic mass is 35.5. The van der Waals surface area contributed by atoms with Gasteiger partial charge in [-0.3, -0.25) is 5.01 Å². The van der Waals surface area contributed by atoms with Gasteiger partial charge in [0.1, 0.15) is 18.3 Å². The van der Waals surface area contributed by atoms with Gasteiger partial charge in [-0.2, -0.15) is 10.4 Å². The minimum Gasteiger partial charge on any atom is -0.382 e. The van der Waals surface area contributed by atoms with E-state index in [1.807, 2.05) is 13.0 Å². The molecule has 0 aromatic heterocycles. The topological polar surface area (TPSA) is 57.9 Å². The number of fused-ring (bicyclic) bond motifs is 1. The lowest BCUT2D eigenvalue weighted by Crippen LogP contribution is -2.36. The summed E-state index contributed by atoms with van der Waals surface area (Å²) in [5.74, 6) is 0. The van der Waals surface area contributed by atoms with E-state index in [2.05, 4.69) is 11.2 Å². The van der Waals surface area contributed by atoms with Crippen molar-refractivity contribution in [2.75, 3.05) is 26.9 Å². The molecule has 0 bridgehead atoms. The first-order valence-electron chi connectivity index (χ1n) is 7.86. The van der Waals surface area contributed by atoms with Gasteiger partial charge >= 0.3 is 0 Å². The Balaban J connectivity index is 1.94. The lowest BCUT2D eigenvalue weighted by atomic mass is 9.95. The average Bonchev–Trinajstić information content (AvgIpc) is 3.07. The molecule has 3 unspecified atom stereocenters. The van der Waals surface area contributed by atoms with Crippen molar-refractivity contribution in [1.29, 1.82) is 5.26 Å². The Labute approximate surface area is 145 Å². The molecular weight excluding hydrogens is 333 g/mol. The zero-order valence-electron chi connectivity index (χ0n) is 13.6. The number of rotatable bonds is 5. The number of nitriles is 1. The first-order valence-corrected chi connectivity index (χ1v) is 8.24. The zero-order valence-corrected chi connectivity index (χ0v) is 14.4. The van der Waals surface area contributed by atoms with E-state index in [0.717, 1.165) is 16.8 Å². The van der Waals surface area contributed by atoms with E-state index in [4.69, 9.17) is 26.3 Å². The minimum atomic E-state index is -0.889. The molecule has 0 saturated carbocycles. The van der Waals surface area contributed by atoms with Gasteiger partial charge in [0.25, 0.3) is 0 Å². The van der Waals surface area contributed by atoms with Crippen LogP contribution in [0, 0.1) is 18.3 Å². The van der Waals surface area contributed by atoms with Crippen molar-refractivity contribution >= 4 is 17.3 Å². The van der Waals surface area contributed by atoms with Crippen molar-refractivity contribution in [1.82, 2.24) is 5.01 Å². The summed E-state index contributed by atoms with van der Waals surface area (Å²) in [7, 11) is 1.61. The molecule has 1 aromatic carbocycles. The second-order valence-electron chi connectivity index (χ2n) is 6.00. The predicted molar refractivity (Wildman–Crippen MR) is 89.1 cm³/mol. The Morgan fingerprint density at radius 2 is 2.25 bits per heavy atom. The number of hydrogen-bond acceptors (Lipinski definition) is 5. The highest BCUT2D eigenvalue weighted by molar-refractivity contribution is 6.33.